The Hall–Kier alpha value is -1.31. The predicted molar refractivity (Wildman–Crippen MR) is 115 cm³/mol. The van der Waals surface area contributed by atoms with E-state index in [1.807, 2.05) is 0 Å². The molecule has 1 aliphatic heterocycles. The highest BCUT2D eigenvalue weighted by atomic mass is 35.5. The normalized spacial score (nSPS) is 27.4. The lowest BCUT2D eigenvalue weighted by molar-refractivity contribution is -0.0288. The largest absolute Gasteiger partial charge is 0.387 e. The summed E-state index contributed by atoms with van der Waals surface area (Å²) in [7, 11) is -9.10. The van der Waals surface area contributed by atoms with Gasteiger partial charge in [0.25, 0.3) is 0 Å². The first-order valence-electron chi connectivity index (χ1n) is 10.0. The summed E-state index contributed by atoms with van der Waals surface area (Å²) in [6.07, 6.45) is 0.109. The topological polar surface area (TPSA) is 184 Å². The third-order valence-electron chi connectivity index (χ3n) is 5.64. The molecule has 2 aromatic rings. The van der Waals surface area contributed by atoms with Crippen LogP contribution in [0, 0.1) is 0 Å². The fourth-order valence-electron chi connectivity index (χ4n) is 4.24. The lowest BCUT2D eigenvalue weighted by Crippen LogP contribution is -2.35. The Bertz CT molecular complexity index is 1150. The Morgan fingerprint density at radius 1 is 1.22 bits per heavy atom. The highest BCUT2D eigenvalue weighted by Gasteiger charge is 2.46. The maximum Gasteiger partial charge on any atom is 0.340 e. The Balaban J connectivity index is 1.60. The molecule has 2 fully saturated rings. The molecule has 15 heteroatoms. The summed E-state index contributed by atoms with van der Waals surface area (Å²) in [6.45, 7) is 0. The molecule has 0 aromatic carbocycles. The van der Waals surface area contributed by atoms with Gasteiger partial charge in [0.1, 0.15) is 29.8 Å². The SMILES string of the molecule is O=P(O)(O)CS(=O)(=O)C[C@H]1O[C@@H](n2ccc3c(NC4CCCC4)nc(Cl)nc32)[C@H](O)[C@@H]1O. The van der Waals surface area contributed by atoms with Gasteiger partial charge >= 0.3 is 7.60 Å². The fourth-order valence-corrected chi connectivity index (χ4v) is 7.65. The van der Waals surface area contributed by atoms with Crippen molar-refractivity contribution in [1.82, 2.24) is 14.5 Å². The maximum absolute atomic E-state index is 12.1. The molecule has 4 rings (SSSR count). The number of ether oxygens (including phenoxy) is 1. The number of aliphatic hydroxyl groups excluding tert-OH is 2. The lowest BCUT2D eigenvalue weighted by Gasteiger charge is -2.18. The second kappa shape index (κ2) is 8.80. The second-order valence-corrected chi connectivity index (χ2v) is 12.7. The molecule has 12 nitrogen and oxygen atoms in total. The summed E-state index contributed by atoms with van der Waals surface area (Å²) in [5.41, 5.74) is -1.06. The van der Waals surface area contributed by atoms with E-state index in [9.17, 15) is 23.2 Å². The van der Waals surface area contributed by atoms with E-state index in [1.54, 1.807) is 12.3 Å². The zero-order chi connectivity index (χ0) is 23.3. The van der Waals surface area contributed by atoms with Crippen molar-refractivity contribution in [2.45, 2.75) is 56.3 Å². The molecule has 0 spiro atoms. The number of anilines is 1. The van der Waals surface area contributed by atoms with Gasteiger partial charge in [-0.15, -0.1) is 0 Å². The third-order valence-corrected chi connectivity index (χ3v) is 9.56. The number of hydrogen-bond donors (Lipinski definition) is 5. The zero-order valence-corrected chi connectivity index (χ0v) is 19.2. The first kappa shape index (κ1) is 23.8. The van der Waals surface area contributed by atoms with Crippen LogP contribution in [-0.4, -0.2) is 78.6 Å². The van der Waals surface area contributed by atoms with Gasteiger partial charge in [0.05, 0.1) is 11.1 Å². The molecule has 1 aliphatic carbocycles. The Morgan fingerprint density at radius 2 is 1.91 bits per heavy atom. The van der Waals surface area contributed by atoms with E-state index >= 15 is 0 Å². The molecule has 0 unspecified atom stereocenters. The zero-order valence-electron chi connectivity index (χ0n) is 16.8. The number of aliphatic hydroxyl groups is 2. The van der Waals surface area contributed by atoms with Gasteiger partial charge in [-0.1, -0.05) is 12.8 Å². The van der Waals surface area contributed by atoms with E-state index < -0.39 is 53.2 Å². The van der Waals surface area contributed by atoms with Crippen molar-refractivity contribution >= 4 is 45.9 Å². The van der Waals surface area contributed by atoms with Crippen molar-refractivity contribution in [3.05, 3.63) is 17.5 Å². The number of fused-ring (bicyclic) bond motifs is 1. The standard InChI is InChI=1S/C17H24ClN4O8PS/c18-17-20-14(19-9-3-1-2-4-9)10-5-6-22(15(10)21-17)16-13(24)12(23)11(30-16)7-32(28,29)8-31(25,26)27/h5-6,9,11-13,16,23-24H,1-4,7-8H2,(H,19,20,21)(H2,25,26,27)/t11-,12-,13-,16-/m1/s1. The molecule has 0 radical (unpaired) electrons. The molecule has 1 saturated carbocycles. The van der Waals surface area contributed by atoms with E-state index in [-0.39, 0.29) is 11.3 Å². The number of hydrogen-bond acceptors (Lipinski definition) is 9. The van der Waals surface area contributed by atoms with Crippen LogP contribution in [0.2, 0.25) is 5.28 Å². The van der Waals surface area contributed by atoms with Crippen LogP contribution < -0.4 is 5.32 Å². The number of halogens is 1. The quantitative estimate of drug-likeness (QED) is 0.259. The minimum Gasteiger partial charge on any atom is -0.387 e. The average molecular weight is 511 g/mol. The van der Waals surface area contributed by atoms with Crippen molar-refractivity contribution in [3.63, 3.8) is 0 Å². The fraction of sp³-hybridized carbons (Fsp3) is 0.647. The molecule has 0 amide bonds. The molecule has 1 saturated heterocycles. The van der Waals surface area contributed by atoms with Crippen molar-refractivity contribution in [1.29, 1.82) is 0 Å². The number of aromatic nitrogens is 3. The summed E-state index contributed by atoms with van der Waals surface area (Å²) in [5, 5.41) is 24.8. The van der Waals surface area contributed by atoms with Crippen molar-refractivity contribution in [2.24, 2.45) is 0 Å². The molecule has 4 atom stereocenters. The summed E-state index contributed by atoms with van der Waals surface area (Å²) in [6, 6.07) is 1.95. The monoisotopic (exact) mass is 510 g/mol. The van der Waals surface area contributed by atoms with Crippen LogP contribution in [0.1, 0.15) is 31.9 Å². The van der Waals surface area contributed by atoms with Crippen molar-refractivity contribution in [2.75, 3.05) is 16.6 Å². The van der Waals surface area contributed by atoms with Crippen LogP contribution in [0.3, 0.4) is 0 Å². The van der Waals surface area contributed by atoms with Crippen molar-refractivity contribution < 1.29 is 37.7 Å². The van der Waals surface area contributed by atoms with Gasteiger partial charge in [0.2, 0.25) is 5.28 Å². The Morgan fingerprint density at radius 3 is 2.56 bits per heavy atom. The molecule has 2 aromatic heterocycles. The molecular formula is C17H24ClN4O8PS. The van der Waals surface area contributed by atoms with E-state index in [4.69, 9.17) is 26.1 Å². The summed E-state index contributed by atoms with van der Waals surface area (Å²) < 4.78 is 42.3. The number of nitrogens with one attached hydrogen (secondary N) is 1. The number of nitrogens with zero attached hydrogens (tertiary/aromatic N) is 3. The minimum atomic E-state index is -4.83. The molecule has 3 heterocycles. The van der Waals surface area contributed by atoms with Crippen LogP contribution in [0.5, 0.6) is 0 Å². The van der Waals surface area contributed by atoms with Gasteiger partial charge < -0.3 is 34.6 Å². The first-order valence-corrected chi connectivity index (χ1v) is 14.0. The Labute approximate surface area is 188 Å². The van der Waals surface area contributed by atoms with Gasteiger partial charge in [-0.05, 0) is 30.5 Å². The number of rotatable bonds is 7. The third kappa shape index (κ3) is 5.10. The predicted octanol–water partition coefficient (Wildman–Crippen LogP) is 0.608. The average Bonchev–Trinajstić information content (AvgIpc) is 3.36. The molecular weight excluding hydrogens is 487 g/mol. The molecule has 2 aliphatic rings. The van der Waals surface area contributed by atoms with E-state index in [1.165, 1.54) is 4.57 Å². The van der Waals surface area contributed by atoms with Crippen LogP contribution in [0.15, 0.2) is 12.3 Å². The van der Waals surface area contributed by atoms with E-state index in [0.29, 0.717) is 16.9 Å². The minimum absolute atomic E-state index is 0.0354. The number of sulfone groups is 1. The van der Waals surface area contributed by atoms with Crippen LogP contribution >= 0.6 is 19.2 Å². The van der Waals surface area contributed by atoms with Gasteiger partial charge in [-0.25, -0.2) is 13.4 Å². The summed E-state index contributed by atoms with van der Waals surface area (Å²) in [5.74, 6) is -0.338. The molecule has 32 heavy (non-hydrogen) atoms. The Kier molecular flexibility index (Phi) is 6.56. The van der Waals surface area contributed by atoms with Crippen LogP contribution in [0.4, 0.5) is 5.82 Å². The van der Waals surface area contributed by atoms with E-state index in [0.717, 1.165) is 25.7 Å². The van der Waals surface area contributed by atoms with E-state index in [2.05, 4.69) is 15.3 Å². The van der Waals surface area contributed by atoms with Gasteiger partial charge in [-0.3, -0.25) is 4.57 Å². The van der Waals surface area contributed by atoms with Gasteiger partial charge in [-0.2, -0.15) is 4.98 Å². The summed E-state index contributed by atoms with van der Waals surface area (Å²) in [4.78, 5) is 26.4. The second-order valence-electron chi connectivity index (χ2n) is 8.18. The first-order chi connectivity index (χ1) is 14.9. The highest BCUT2D eigenvalue weighted by Crippen LogP contribution is 2.39. The molecule has 0 bridgehead atoms. The van der Waals surface area contributed by atoms with Crippen molar-refractivity contribution in [3.8, 4) is 0 Å². The van der Waals surface area contributed by atoms with Gasteiger partial charge in [0.15, 0.2) is 21.6 Å². The van der Waals surface area contributed by atoms with Gasteiger partial charge in [0, 0.05) is 12.2 Å². The summed E-state index contributed by atoms with van der Waals surface area (Å²) >= 11 is 6.11. The lowest BCUT2D eigenvalue weighted by atomic mass is 10.1. The molecule has 178 valence electrons. The van der Waals surface area contributed by atoms with Crippen LogP contribution in [-0.2, 0) is 19.1 Å². The molecule has 5 N–H and O–H groups in total. The smallest absolute Gasteiger partial charge is 0.340 e. The van der Waals surface area contributed by atoms with Crippen LogP contribution in [0.25, 0.3) is 11.0 Å². The highest BCUT2D eigenvalue weighted by molar-refractivity contribution is 7.97. The maximum atomic E-state index is 12.1.